The molecule has 16 heteroatoms. The molecule has 3 aromatic heterocycles. The first-order valence-electron chi connectivity index (χ1n) is 10.5. The first-order valence-corrected chi connectivity index (χ1v) is 10.8. The molecule has 0 amide bonds. The summed E-state index contributed by atoms with van der Waals surface area (Å²) in [4.78, 5) is 24.3. The lowest BCUT2D eigenvalue weighted by Crippen LogP contribution is -2.47. The van der Waals surface area contributed by atoms with E-state index in [4.69, 9.17) is 26.8 Å². The smallest absolute Gasteiger partial charge is 0.344 e. The molecule has 0 radical (unpaired) electrons. The number of ether oxygens (including phenoxy) is 2. The molecule has 4 rings (SSSR count). The molecule has 0 aliphatic rings. The number of hydrogen-bond acceptors (Lipinski definition) is 12. The van der Waals surface area contributed by atoms with Crippen LogP contribution in [-0.2, 0) is 26.3 Å². The number of imidazole rings is 1. The van der Waals surface area contributed by atoms with E-state index in [1.807, 2.05) is 0 Å². The number of nitrogens with one attached hydrogen (secondary N) is 1. The van der Waals surface area contributed by atoms with E-state index in [1.165, 1.54) is 13.4 Å². The number of nitrogens with zero attached hydrogens (tertiary/aromatic N) is 7. The van der Waals surface area contributed by atoms with E-state index in [9.17, 15) is 20.1 Å². The number of carbonyl (C=O) groups is 1. The quantitative estimate of drug-likeness (QED) is 0.160. The third kappa shape index (κ3) is 4.82. The van der Waals surface area contributed by atoms with Crippen LogP contribution in [0.15, 0.2) is 36.7 Å². The van der Waals surface area contributed by atoms with Gasteiger partial charge in [0.25, 0.3) is 0 Å². The molecule has 0 unspecified atom stereocenters. The van der Waals surface area contributed by atoms with Crippen molar-refractivity contribution in [2.24, 2.45) is 0 Å². The summed E-state index contributed by atoms with van der Waals surface area (Å²) in [5.41, 5.74) is 4.58. The minimum atomic E-state index is -2.08. The predicted molar refractivity (Wildman–Crippen MR) is 122 cm³/mol. The average Bonchev–Trinajstić information content (AvgIpc) is 3.54. The molecule has 0 saturated carbocycles. The number of fused-ring (bicyclic) bond motifs is 1. The summed E-state index contributed by atoms with van der Waals surface area (Å²) in [5, 5.41) is 45.1. The number of nitrogens with two attached hydrogens (primary N) is 1. The number of nitrogen functional groups attached to an aromatic ring is 1. The summed E-state index contributed by atoms with van der Waals surface area (Å²) in [5.74, 6) is -1.63. The van der Waals surface area contributed by atoms with Crippen molar-refractivity contribution in [1.29, 1.82) is 0 Å². The molecule has 0 aliphatic carbocycles. The van der Waals surface area contributed by atoms with E-state index in [1.54, 1.807) is 30.3 Å². The number of aromatic nitrogens is 8. The van der Waals surface area contributed by atoms with Crippen molar-refractivity contribution in [1.82, 2.24) is 40.1 Å². The third-order valence-corrected chi connectivity index (χ3v) is 5.71. The molecule has 0 bridgehead atoms. The molecule has 36 heavy (non-hydrogen) atoms. The van der Waals surface area contributed by atoms with E-state index < -0.39 is 36.6 Å². The molecular weight excluding hydrogens is 498 g/mol. The molecule has 0 saturated heterocycles. The zero-order chi connectivity index (χ0) is 25.9. The fourth-order valence-electron chi connectivity index (χ4n) is 3.64. The predicted octanol–water partition coefficient (Wildman–Crippen LogP) is -0.319. The molecule has 6 N–H and O–H groups in total. The number of carboxylic acids is 1. The maximum absolute atomic E-state index is 12.5. The van der Waals surface area contributed by atoms with Crippen LogP contribution in [0.1, 0.15) is 17.6 Å². The Morgan fingerprint density at radius 1 is 1.28 bits per heavy atom. The molecule has 0 spiro atoms. The molecule has 190 valence electrons. The lowest BCUT2D eigenvalue weighted by molar-refractivity contribution is -0.184. The second-order valence-corrected chi connectivity index (χ2v) is 8.06. The molecule has 1 aromatic carbocycles. The number of carboxylic acid groups (broad SMARTS) is 1. The van der Waals surface area contributed by atoms with Gasteiger partial charge in [0, 0.05) is 13.5 Å². The summed E-state index contributed by atoms with van der Waals surface area (Å²) in [6, 6.07) is 8.71. The van der Waals surface area contributed by atoms with Gasteiger partial charge in [0.15, 0.2) is 17.7 Å². The van der Waals surface area contributed by atoms with Gasteiger partial charge in [-0.25, -0.2) is 9.78 Å². The summed E-state index contributed by atoms with van der Waals surface area (Å²) in [7, 11) is 1.26. The molecular formula is C20H22ClN9O6. The minimum Gasteiger partial charge on any atom is -0.479 e. The Labute approximate surface area is 207 Å². The van der Waals surface area contributed by atoms with Crippen LogP contribution >= 0.6 is 11.6 Å². The number of methoxy groups -OCH3 is 1. The van der Waals surface area contributed by atoms with Crippen molar-refractivity contribution in [2.75, 3.05) is 19.5 Å². The van der Waals surface area contributed by atoms with Crippen LogP contribution in [-0.4, -0.2) is 87.4 Å². The minimum absolute atomic E-state index is 0.00988. The molecule has 4 aromatic rings. The highest BCUT2D eigenvalue weighted by Crippen LogP contribution is 2.30. The van der Waals surface area contributed by atoms with Crippen LogP contribution in [0, 0.1) is 0 Å². The normalized spacial score (nSPS) is 15.9. The summed E-state index contributed by atoms with van der Waals surface area (Å²) in [6.07, 6.45) is -3.45. The fourth-order valence-corrected chi connectivity index (χ4v) is 3.81. The maximum atomic E-state index is 12.5. The first kappa shape index (κ1) is 25.3. The Morgan fingerprint density at radius 3 is 2.67 bits per heavy atom. The monoisotopic (exact) mass is 519 g/mol. The Morgan fingerprint density at radius 2 is 2.03 bits per heavy atom. The largest absolute Gasteiger partial charge is 0.479 e. The zero-order valence-electron chi connectivity index (χ0n) is 18.8. The SMILES string of the molecule is CO[C@H](CO[C@@](Cc1ccccc1)(C(=O)O)c1nn[nH]n1)[C@@H](O)[C@@H](O)n1cnc2c(N)nc(Cl)nc21. The summed E-state index contributed by atoms with van der Waals surface area (Å²) < 4.78 is 12.3. The van der Waals surface area contributed by atoms with Crippen molar-refractivity contribution in [3.8, 4) is 0 Å². The van der Waals surface area contributed by atoms with Crippen molar-refractivity contribution in [2.45, 2.75) is 30.5 Å². The van der Waals surface area contributed by atoms with Crippen molar-refractivity contribution in [3.63, 3.8) is 0 Å². The number of rotatable bonds is 11. The van der Waals surface area contributed by atoms with E-state index in [0.717, 1.165) is 4.57 Å². The van der Waals surface area contributed by atoms with Crippen LogP contribution in [0.5, 0.6) is 0 Å². The van der Waals surface area contributed by atoms with Gasteiger partial charge >= 0.3 is 5.97 Å². The van der Waals surface area contributed by atoms with Gasteiger partial charge in [-0.2, -0.15) is 15.2 Å². The van der Waals surface area contributed by atoms with Crippen molar-refractivity contribution >= 4 is 34.6 Å². The second-order valence-electron chi connectivity index (χ2n) is 7.72. The highest BCUT2D eigenvalue weighted by molar-refractivity contribution is 6.28. The molecule has 0 aliphatic heterocycles. The number of aliphatic hydroxyl groups is 2. The number of hydrogen-bond donors (Lipinski definition) is 5. The van der Waals surface area contributed by atoms with Gasteiger partial charge in [0.05, 0.1) is 12.9 Å². The third-order valence-electron chi connectivity index (χ3n) is 5.54. The topological polar surface area (TPSA) is 220 Å². The first-order chi connectivity index (χ1) is 17.3. The van der Waals surface area contributed by atoms with Gasteiger partial charge in [-0.1, -0.05) is 35.5 Å². The summed E-state index contributed by atoms with van der Waals surface area (Å²) >= 11 is 5.86. The highest BCUT2D eigenvalue weighted by atomic mass is 35.5. The van der Waals surface area contributed by atoms with Gasteiger partial charge < -0.3 is 30.5 Å². The number of aliphatic carboxylic acids is 1. The van der Waals surface area contributed by atoms with E-state index in [2.05, 4.69) is 35.6 Å². The Balaban J connectivity index is 1.60. The van der Waals surface area contributed by atoms with Gasteiger partial charge in [-0.15, -0.1) is 10.2 Å². The lowest BCUT2D eigenvalue weighted by Gasteiger charge is -2.31. The van der Waals surface area contributed by atoms with Crippen LogP contribution in [0.2, 0.25) is 5.28 Å². The van der Waals surface area contributed by atoms with Gasteiger partial charge in [-0.05, 0) is 17.2 Å². The zero-order valence-corrected chi connectivity index (χ0v) is 19.5. The number of tetrazole rings is 1. The Kier molecular flexibility index (Phi) is 7.37. The van der Waals surface area contributed by atoms with Gasteiger partial charge in [-0.3, -0.25) is 4.57 Å². The molecule has 0 fully saturated rings. The highest BCUT2D eigenvalue weighted by Gasteiger charge is 2.47. The van der Waals surface area contributed by atoms with Gasteiger partial charge in [0.1, 0.15) is 17.7 Å². The van der Waals surface area contributed by atoms with Crippen LogP contribution in [0.25, 0.3) is 11.2 Å². The Bertz CT molecular complexity index is 1320. The fraction of sp³-hybridized carbons (Fsp3) is 0.350. The van der Waals surface area contributed by atoms with E-state index >= 15 is 0 Å². The number of H-pyrrole nitrogens is 1. The van der Waals surface area contributed by atoms with E-state index in [0.29, 0.717) is 5.56 Å². The maximum Gasteiger partial charge on any atom is 0.344 e. The number of anilines is 1. The van der Waals surface area contributed by atoms with Gasteiger partial charge in [0.2, 0.25) is 16.7 Å². The number of halogens is 1. The molecule has 3 heterocycles. The molecule has 15 nitrogen and oxygen atoms in total. The number of aliphatic hydroxyl groups excluding tert-OH is 2. The van der Waals surface area contributed by atoms with Crippen molar-refractivity contribution < 1.29 is 29.6 Å². The van der Waals surface area contributed by atoms with Crippen LogP contribution in [0.3, 0.4) is 0 Å². The average molecular weight is 520 g/mol. The standard InChI is InChI=1S/C20H22ClN9O6/c1-35-11(13(31)16(32)30-9-23-12-14(22)24-19(21)25-15(12)30)8-36-20(18(33)34,17-26-28-29-27-17)7-10-5-3-2-4-6-10/h2-6,9,11,13,16,31-32H,7-8H2,1H3,(H,33,34)(H2,22,24,25)(H,26,27,28,29)/t11-,13-,16-,20-/m1/s1. The number of aromatic amines is 1. The molecule has 4 atom stereocenters. The van der Waals surface area contributed by atoms with Crippen LogP contribution < -0.4 is 5.73 Å². The van der Waals surface area contributed by atoms with E-state index in [-0.39, 0.29) is 34.5 Å². The summed E-state index contributed by atoms with van der Waals surface area (Å²) in [6.45, 7) is -0.479. The second kappa shape index (κ2) is 10.5. The van der Waals surface area contributed by atoms with Crippen molar-refractivity contribution in [3.05, 3.63) is 53.3 Å². The van der Waals surface area contributed by atoms with Crippen LogP contribution in [0.4, 0.5) is 5.82 Å². The number of benzene rings is 1. The lowest BCUT2D eigenvalue weighted by atomic mass is 9.93. The Hall–Kier alpha value is -3.76.